The van der Waals surface area contributed by atoms with E-state index < -0.39 is 15.0 Å². The third kappa shape index (κ3) is 4.47. The van der Waals surface area contributed by atoms with Gasteiger partial charge in [0, 0.05) is 17.1 Å². The Balaban J connectivity index is 3.00. The normalized spacial score (nSPS) is 10.7. The fourth-order valence-electron chi connectivity index (χ4n) is 1.31. The van der Waals surface area contributed by atoms with E-state index in [0.29, 0.717) is 12.8 Å². The lowest BCUT2D eigenvalue weighted by Gasteiger charge is -2.09. The molecule has 1 aromatic rings. The predicted octanol–water partition coefficient (Wildman–Crippen LogP) is 2.10. The van der Waals surface area contributed by atoms with Crippen molar-refractivity contribution in [2.75, 3.05) is 6.61 Å². The quantitative estimate of drug-likeness (QED) is 0.494. The van der Waals surface area contributed by atoms with Crippen LogP contribution in [0.15, 0.2) is 23.1 Å². The van der Waals surface area contributed by atoms with Crippen molar-refractivity contribution in [2.24, 2.45) is 0 Å². The van der Waals surface area contributed by atoms with E-state index in [1.165, 1.54) is 12.1 Å². The molecule has 0 amide bonds. The summed E-state index contributed by atoms with van der Waals surface area (Å²) in [7, 11) is 1.17. The fraction of sp³-hybridized carbons (Fsp3) is 0.250. The molecular formula is C12H11ClO5S. The zero-order chi connectivity index (χ0) is 14.5. The Morgan fingerprint density at radius 1 is 1.47 bits per heavy atom. The Morgan fingerprint density at radius 2 is 2.16 bits per heavy atom. The van der Waals surface area contributed by atoms with Crippen molar-refractivity contribution >= 4 is 25.7 Å². The third-order valence-corrected chi connectivity index (χ3v) is 3.54. The van der Waals surface area contributed by atoms with Crippen LogP contribution < -0.4 is 4.74 Å². The maximum Gasteiger partial charge on any atom is 0.339 e. The van der Waals surface area contributed by atoms with Gasteiger partial charge in [-0.25, -0.2) is 13.2 Å². The van der Waals surface area contributed by atoms with E-state index in [9.17, 15) is 13.2 Å². The Hall–Kier alpha value is -1.71. The molecule has 0 aliphatic carbocycles. The van der Waals surface area contributed by atoms with E-state index in [-0.39, 0.29) is 22.8 Å². The number of carbonyl (C=O) groups is 1. The van der Waals surface area contributed by atoms with Crippen LogP contribution in [0, 0.1) is 12.3 Å². The summed E-state index contributed by atoms with van der Waals surface area (Å²) in [6.07, 6.45) is 6.16. The molecule has 0 heterocycles. The van der Waals surface area contributed by atoms with Gasteiger partial charge >= 0.3 is 5.97 Å². The van der Waals surface area contributed by atoms with Gasteiger partial charge in [0.2, 0.25) is 0 Å². The predicted molar refractivity (Wildman–Crippen MR) is 70.0 cm³/mol. The van der Waals surface area contributed by atoms with Crippen molar-refractivity contribution in [3.63, 3.8) is 0 Å². The van der Waals surface area contributed by atoms with Crippen LogP contribution in [0.4, 0.5) is 0 Å². The lowest BCUT2D eigenvalue weighted by Crippen LogP contribution is -2.06. The highest BCUT2D eigenvalue weighted by atomic mass is 35.7. The van der Waals surface area contributed by atoms with Gasteiger partial charge in [-0.1, -0.05) is 0 Å². The molecule has 0 spiro atoms. The minimum absolute atomic E-state index is 0.0774. The van der Waals surface area contributed by atoms with Gasteiger partial charge in [-0.3, -0.25) is 0 Å². The SMILES string of the molecule is C#CCCCOc1ccc(S(=O)(=O)Cl)cc1C(=O)O. The second-order valence-electron chi connectivity index (χ2n) is 3.56. The molecule has 1 rings (SSSR count). The van der Waals surface area contributed by atoms with Crippen LogP contribution in [0.1, 0.15) is 23.2 Å². The van der Waals surface area contributed by atoms with Gasteiger partial charge in [-0.2, -0.15) is 0 Å². The number of ether oxygens (including phenoxy) is 1. The Kier molecular flexibility index (Phi) is 5.21. The van der Waals surface area contributed by atoms with E-state index in [0.717, 1.165) is 6.07 Å². The van der Waals surface area contributed by atoms with Gasteiger partial charge < -0.3 is 9.84 Å². The van der Waals surface area contributed by atoms with Crippen molar-refractivity contribution in [3.05, 3.63) is 23.8 Å². The molecule has 0 saturated heterocycles. The first-order chi connectivity index (χ1) is 8.86. The second-order valence-corrected chi connectivity index (χ2v) is 6.12. The number of aromatic carboxylic acids is 1. The minimum atomic E-state index is -3.98. The highest BCUT2D eigenvalue weighted by Crippen LogP contribution is 2.25. The zero-order valence-corrected chi connectivity index (χ0v) is 11.4. The van der Waals surface area contributed by atoms with E-state index >= 15 is 0 Å². The number of terminal acetylenes is 1. The average molecular weight is 303 g/mol. The van der Waals surface area contributed by atoms with Crippen molar-refractivity contribution in [3.8, 4) is 18.1 Å². The first-order valence-electron chi connectivity index (χ1n) is 5.24. The molecule has 0 bridgehead atoms. The van der Waals surface area contributed by atoms with Crippen molar-refractivity contribution in [2.45, 2.75) is 17.7 Å². The summed E-state index contributed by atoms with van der Waals surface area (Å²) in [4.78, 5) is 10.8. The molecule has 0 saturated carbocycles. The summed E-state index contributed by atoms with van der Waals surface area (Å²) < 4.78 is 27.5. The van der Waals surface area contributed by atoms with Gasteiger partial charge in [0.1, 0.15) is 11.3 Å². The number of rotatable bonds is 6. The van der Waals surface area contributed by atoms with Crippen LogP contribution in [-0.4, -0.2) is 26.1 Å². The molecule has 0 atom stereocenters. The zero-order valence-electron chi connectivity index (χ0n) is 9.80. The lowest BCUT2D eigenvalue weighted by atomic mass is 10.2. The lowest BCUT2D eigenvalue weighted by molar-refractivity contribution is 0.0692. The smallest absolute Gasteiger partial charge is 0.339 e. The Labute approximate surface area is 115 Å². The van der Waals surface area contributed by atoms with E-state index in [4.69, 9.17) is 26.9 Å². The number of hydrogen-bond acceptors (Lipinski definition) is 4. The van der Waals surface area contributed by atoms with Crippen LogP contribution >= 0.6 is 10.7 Å². The monoisotopic (exact) mass is 302 g/mol. The number of benzene rings is 1. The molecule has 0 aliphatic heterocycles. The molecule has 7 heteroatoms. The van der Waals surface area contributed by atoms with E-state index in [2.05, 4.69) is 5.92 Å². The summed E-state index contributed by atoms with van der Waals surface area (Å²) in [5.74, 6) is 1.21. The van der Waals surface area contributed by atoms with Gasteiger partial charge in [-0.05, 0) is 24.6 Å². The minimum Gasteiger partial charge on any atom is -0.493 e. The highest BCUT2D eigenvalue weighted by Gasteiger charge is 2.17. The summed E-state index contributed by atoms with van der Waals surface area (Å²) >= 11 is 0. The number of hydrogen-bond donors (Lipinski definition) is 1. The van der Waals surface area contributed by atoms with Gasteiger partial charge in [0.25, 0.3) is 9.05 Å². The summed E-state index contributed by atoms with van der Waals surface area (Å²) in [5.41, 5.74) is -0.262. The van der Waals surface area contributed by atoms with Crippen LogP contribution in [0.25, 0.3) is 0 Å². The third-order valence-electron chi connectivity index (χ3n) is 2.19. The molecule has 1 aromatic carbocycles. The molecule has 102 valence electrons. The number of carboxylic acids is 1. The largest absolute Gasteiger partial charge is 0.493 e. The summed E-state index contributed by atoms with van der Waals surface area (Å²) in [6.45, 7) is 0.247. The summed E-state index contributed by atoms with van der Waals surface area (Å²) in [5, 5.41) is 9.01. The van der Waals surface area contributed by atoms with Crippen molar-refractivity contribution < 1.29 is 23.1 Å². The molecule has 0 unspecified atom stereocenters. The van der Waals surface area contributed by atoms with Crippen LogP contribution in [-0.2, 0) is 9.05 Å². The number of halogens is 1. The fourth-order valence-corrected chi connectivity index (χ4v) is 2.09. The maximum absolute atomic E-state index is 11.1. The van der Waals surface area contributed by atoms with Crippen LogP contribution in [0.3, 0.4) is 0 Å². The topological polar surface area (TPSA) is 80.7 Å². The molecular weight excluding hydrogens is 292 g/mol. The molecule has 1 N–H and O–H groups in total. The molecule has 19 heavy (non-hydrogen) atoms. The van der Waals surface area contributed by atoms with Gasteiger partial charge in [0.05, 0.1) is 11.5 Å². The second kappa shape index (κ2) is 6.45. The first-order valence-corrected chi connectivity index (χ1v) is 7.55. The van der Waals surface area contributed by atoms with E-state index in [1.807, 2.05) is 0 Å². The van der Waals surface area contributed by atoms with E-state index in [1.54, 1.807) is 0 Å². The molecule has 0 radical (unpaired) electrons. The average Bonchev–Trinajstić information content (AvgIpc) is 2.33. The molecule has 0 aromatic heterocycles. The highest BCUT2D eigenvalue weighted by molar-refractivity contribution is 8.13. The molecule has 0 fully saturated rings. The number of unbranched alkanes of at least 4 members (excludes halogenated alkanes) is 1. The van der Waals surface area contributed by atoms with Crippen molar-refractivity contribution in [1.29, 1.82) is 0 Å². The number of carboxylic acid groups (broad SMARTS) is 1. The van der Waals surface area contributed by atoms with Gasteiger partial charge in [0.15, 0.2) is 0 Å². The Bertz CT molecular complexity index is 615. The Morgan fingerprint density at radius 3 is 2.68 bits per heavy atom. The molecule has 5 nitrogen and oxygen atoms in total. The standard InChI is InChI=1S/C12H11ClO5S/c1-2-3-4-7-18-11-6-5-9(19(13,16)17)8-10(11)12(14)15/h1,5-6,8H,3-4,7H2,(H,14,15). The summed E-state index contributed by atoms with van der Waals surface area (Å²) in [6, 6.07) is 3.40. The van der Waals surface area contributed by atoms with Crippen LogP contribution in [0.5, 0.6) is 5.75 Å². The first kappa shape index (κ1) is 15.3. The van der Waals surface area contributed by atoms with Crippen LogP contribution in [0.2, 0.25) is 0 Å². The van der Waals surface area contributed by atoms with Crippen molar-refractivity contribution in [1.82, 2.24) is 0 Å². The van der Waals surface area contributed by atoms with Gasteiger partial charge in [-0.15, -0.1) is 12.3 Å². The maximum atomic E-state index is 11.1. The molecule has 0 aliphatic rings.